The van der Waals surface area contributed by atoms with Gasteiger partial charge in [-0.25, -0.2) is 4.79 Å². The van der Waals surface area contributed by atoms with Crippen LogP contribution in [0.25, 0.3) is 0 Å². The summed E-state index contributed by atoms with van der Waals surface area (Å²) in [6.45, 7) is 10.2. The lowest BCUT2D eigenvalue weighted by Gasteiger charge is -2.35. The summed E-state index contributed by atoms with van der Waals surface area (Å²) in [7, 11) is 1.48. The lowest BCUT2D eigenvalue weighted by molar-refractivity contribution is -0.0706. The highest BCUT2D eigenvalue weighted by Gasteiger charge is 2.24. The highest BCUT2D eigenvalue weighted by atomic mass is 35.5. The van der Waals surface area contributed by atoms with Gasteiger partial charge in [0.15, 0.2) is 0 Å². The number of carboxylic acid groups (broad SMARTS) is 1. The van der Waals surface area contributed by atoms with Gasteiger partial charge in [-0.15, -0.1) is 0 Å². The Bertz CT molecular complexity index is 526. The van der Waals surface area contributed by atoms with Crippen molar-refractivity contribution in [2.75, 3.05) is 20.2 Å². The molecule has 0 bridgehead atoms. The summed E-state index contributed by atoms with van der Waals surface area (Å²) < 4.78 is 11.0. The Hall–Kier alpha value is -1.30. The van der Waals surface area contributed by atoms with Crippen molar-refractivity contribution in [3.63, 3.8) is 0 Å². The van der Waals surface area contributed by atoms with Crippen molar-refractivity contribution < 1.29 is 19.4 Å². The zero-order valence-electron chi connectivity index (χ0n) is 14.4. The van der Waals surface area contributed by atoms with E-state index in [-0.39, 0.29) is 17.8 Å². The van der Waals surface area contributed by atoms with Crippen LogP contribution in [0.4, 0.5) is 0 Å². The van der Waals surface area contributed by atoms with Crippen LogP contribution in [-0.4, -0.2) is 48.4 Å². The Labute approximate surface area is 143 Å². The summed E-state index contributed by atoms with van der Waals surface area (Å²) in [6.07, 6.45) is 0.302. The Morgan fingerprint density at radius 1 is 1.35 bits per heavy atom. The van der Waals surface area contributed by atoms with Crippen molar-refractivity contribution in [1.29, 1.82) is 0 Å². The van der Waals surface area contributed by atoms with Crippen molar-refractivity contribution in [2.24, 2.45) is 0 Å². The Balaban J connectivity index is 0.00000127. The lowest BCUT2D eigenvalue weighted by atomic mass is 10.1. The number of hydrogen-bond donors (Lipinski definition) is 1. The molecule has 130 valence electrons. The van der Waals surface area contributed by atoms with E-state index in [1.165, 1.54) is 13.2 Å². The van der Waals surface area contributed by atoms with Crippen LogP contribution < -0.4 is 4.74 Å². The summed E-state index contributed by atoms with van der Waals surface area (Å²) in [4.78, 5) is 13.5. The minimum Gasteiger partial charge on any atom is -0.496 e. The van der Waals surface area contributed by atoms with Crippen LogP contribution in [-0.2, 0) is 11.3 Å². The maximum Gasteiger partial charge on any atom is 0.339 e. The molecule has 1 heterocycles. The minimum atomic E-state index is -1.04. The number of morpholine rings is 1. The quantitative estimate of drug-likeness (QED) is 0.903. The highest BCUT2D eigenvalue weighted by Crippen LogP contribution is 2.30. The molecular weight excluding hydrogens is 318 g/mol. The highest BCUT2D eigenvalue weighted by molar-refractivity contribution is 6.31. The number of aromatic carboxylic acids is 1. The number of carbonyl (C=O) groups is 1. The number of nitrogens with zero attached hydrogens (tertiary/aromatic N) is 1. The molecule has 23 heavy (non-hydrogen) atoms. The number of ether oxygens (including phenoxy) is 2. The molecule has 1 N–H and O–H groups in total. The molecule has 0 saturated carbocycles. The molecule has 0 aliphatic carbocycles. The predicted molar refractivity (Wildman–Crippen MR) is 91.6 cm³/mol. The second-order valence-electron chi connectivity index (χ2n) is 5.40. The summed E-state index contributed by atoms with van der Waals surface area (Å²) in [6, 6.07) is 3.18. The molecule has 2 atom stereocenters. The van der Waals surface area contributed by atoms with Crippen LogP contribution >= 0.6 is 11.6 Å². The van der Waals surface area contributed by atoms with E-state index >= 15 is 0 Å². The standard InChI is InChI=1S/C15H20ClNO4.C2H6/c1-9-6-17(7-10(2)21-9)8-11-4-12(16)5-13(15(18)19)14(11)20-3;1-2/h4-5,9-10H,6-8H2,1-3H3,(H,18,19);1-2H3. The average molecular weight is 344 g/mol. The fourth-order valence-electron chi connectivity index (χ4n) is 2.82. The van der Waals surface area contributed by atoms with Gasteiger partial charge >= 0.3 is 5.97 Å². The third-order valence-corrected chi connectivity index (χ3v) is 3.67. The second kappa shape index (κ2) is 9.11. The van der Waals surface area contributed by atoms with Crippen LogP contribution in [0.3, 0.4) is 0 Å². The fraction of sp³-hybridized carbons (Fsp3) is 0.588. The van der Waals surface area contributed by atoms with Crippen LogP contribution in [0.15, 0.2) is 12.1 Å². The Kier molecular flexibility index (Phi) is 7.82. The first kappa shape index (κ1) is 19.7. The van der Waals surface area contributed by atoms with Crippen molar-refractivity contribution >= 4 is 17.6 Å². The molecule has 2 rings (SSSR count). The monoisotopic (exact) mass is 343 g/mol. The Morgan fingerprint density at radius 2 is 1.91 bits per heavy atom. The molecule has 1 fully saturated rings. The van der Waals surface area contributed by atoms with Crippen LogP contribution in [0, 0.1) is 0 Å². The van der Waals surface area contributed by atoms with E-state index in [2.05, 4.69) is 4.90 Å². The first-order valence-electron chi connectivity index (χ1n) is 7.88. The molecule has 5 nitrogen and oxygen atoms in total. The van der Waals surface area contributed by atoms with Gasteiger partial charge in [0, 0.05) is 30.2 Å². The van der Waals surface area contributed by atoms with Gasteiger partial charge in [-0.05, 0) is 26.0 Å². The molecule has 0 aromatic heterocycles. The van der Waals surface area contributed by atoms with Crippen LogP contribution in [0.2, 0.25) is 5.02 Å². The average Bonchev–Trinajstić information content (AvgIpc) is 2.47. The number of hydrogen-bond acceptors (Lipinski definition) is 4. The van der Waals surface area contributed by atoms with Gasteiger partial charge in [0.2, 0.25) is 0 Å². The van der Waals surface area contributed by atoms with Gasteiger partial charge in [0.25, 0.3) is 0 Å². The fourth-order valence-corrected chi connectivity index (χ4v) is 3.06. The number of rotatable bonds is 4. The summed E-state index contributed by atoms with van der Waals surface area (Å²) in [5.74, 6) is -0.669. The van der Waals surface area contributed by atoms with E-state index in [0.29, 0.717) is 17.3 Å². The normalized spacial score (nSPS) is 21.3. The third-order valence-electron chi connectivity index (χ3n) is 3.45. The van der Waals surface area contributed by atoms with Gasteiger partial charge in [0.05, 0.1) is 19.3 Å². The maximum absolute atomic E-state index is 11.3. The van der Waals surface area contributed by atoms with Crippen molar-refractivity contribution in [3.05, 3.63) is 28.3 Å². The van der Waals surface area contributed by atoms with Crippen molar-refractivity contribution in [2.45, 2.75) is 46.4 Å². The molecule has 1 aromatic rings. The molecule has 0 amide bonds. The lowest BCUT2D eigenvalue weighted by Crippen LogP contribution is -2.44. The molecule has 1 saturated heterocycles. The smallest absolute Gasteiger partial charge is 0.339 e. The van der Waals surface area contributed by atoms with Gasteiger partial charge in [-0.2, -0.15) is 0 Å². The van der Waals surface area contributed by atoms with E-state index in [1.54, 1.807) is 6.07 Å². The number of halogens is 1. The molecule has 1 aliphatic heterocycles. The molecule has 0 spiro atoms. The number of carboxylic acids is 1. The van der Waals surface area contributed by atoms with Crippen LogP contribution in [0.1, 0.15) is 43.6 Å². The van der Waals surface area contributed by atoms with Gasteiger partial charge in [-0.3, -0.25) is 4.90 Å². The number of methoxy groups -OCH3 is 1. The molecular formula is C17H26ClNO4. The van der Waals surface area contributed by atoms with Gasteiger partial charge < -0.3 is 14.6 Å². The largest absolute Gasteiger partial charge is 0.496 e. The molecule has 2 unspecified atom stereocenters. The second-order valence-corrected chi connectivity index (χ2v) is 5.84. The maximum atomic E-state index is 11.3. The third kappa shape index (κ3) is 5.37. The first-order valence-corrected chi connectivity index (χ1v) is 8.26. The molecule has 1 aromatic carbocycles. The molecule has 6 heteroatoms. The summed E-state index contributed by atoms with van der Waals surface area (Å²) in [5, 5.41) is 9.66. The van der Waals surface area contributed by atoms with E-state index in [9.17, 15) is 9.90 Å². The van der Waals surface area contributed by atoms with Gasteiger partial charge in [-0.1, -0.05) is 25.4 Å². The van der Waals surface area contributed by atoms with E-state index < -0.39 is 5.97 Å². The SMILES string of the molecule is CC.COc1c(CN2CC(C)OC(C)C2)cc(Cl)cc1C(=O)O. The van der Waals surface area contributed by atoms with E-state index in [4.69, 9.17) is 21.1 Å². The molecule has 0 radical (unpaired) electrons. The first-order chi connectivity index (χ1) is 10.9. The van der Waals surface area contributed by atoms with Crippen molar-refractivity contribution in [3.8, 4) is 5.75 Å². The van der Waals surface area contributed by atoms with Crippen molar-refractivity contribution in [1.82, 2.24) is 4.90 Å². The Morgan fingerprint density at radius 3 is 2.39 bits per heavy atom. The zero-order chi connectivity index (χ0) is 17.6. The predicted octanol–water partition coefficient (Wildman–Crippen LogP) is 3.68. The van der Waals surface area contributed by atoms with Crippen LogP contribution in [0.5, 0.6) is 5.75 Å². The summed E-state index contributed by atoms with van der Waals surface area (Å²) >= 11 is 6.04. The number of benzene rings is 1. The van der Waals surface area contributed by atoms with E-state index in [0.717, 1.165) is 18.7 Å². The zero-order valence-corrected chi connectivity index (χ0v) is 15.2. The summed E-state index contributed by atoms with van der Waals surface area (Å²) in [5.41, 5.74) is 0.873. The topological polar surface area (TPSA) is 59.0 Å². The minimum absolute atomic E-state index is 0.0920. The van der Waals surface area contributed by atoms with E-state index in [1.807, 2.05) is 27.7 Å². The van der Waals surface area contributed by atoms with Gasteiger partial charge in [0.1, 0.15) is 11.3 Å². The molecule has 1 aliphatic rings.